The van der Waals surface area contributed by atoms with Gasteiger partial charge in [0.15, 0.2) is 0 Å². The van der Waals surface area contributed by atoms with Crippen LogP contribution in [0.5, 0.6) is 0 Å². The molecule has 0 aliphatic carbocycles. The molecule has 1 unspecified atom stereocenters. The van der Waals surface area contributed by atoms with Crippen LogP contribution in [0.4, 0.5) is 17.1 Å². The predicted molar refractivity (Wildman–Crippen MR) is 124 cm³/mol. The molecule has 30 heavy (non-hydrogen) atoms. The van der Waals surface area contributed by atoms with E-state index in [0.29, 0.717) is 6.42 Å². The second-order valence-corrected chi connectivity index (χ2v) is 8.20. The first-order chi connectivity index (χ1) is 16.1. The van der Waals surface area contributed by atoms with E-state index < -0.39 is 12.9 Å². The van der Waals surface area contributed by atoms with Gasteiger partial charge in [0.25, 0.3) is 0 Å². The number of nitrogens with zero attached hydrogens (tertiary/aromatic N) is 4. The maximum atomic E-state index is 8.89. The lowest BCUT2D eigenvalue weighted by atomic mass is 10.0. The lowest BCUT2D eigenvalue weighted by Crippen LogP contribution is -2.42. The molecule has 3 heterocycles. The SMILES string of the molecule is [2H]C([2H])([2H])C([2H])(C)N1c2ccccc2N(c2c(C)ccc3c2Cc2nc4ccccc4n2-3)[C@H]1C. The van der Waals surface area contributed by atoms with Crippen molar-refractivity contribution >= 4 is 28.1 Å². The fourth-order valence-corrected chi connectivity index (χ4v) is 5.24. The van der Waals surface area contributed by atoms with Gasteiger partial charge >= 0.3 is 0 Å². The van der Waals surface area contributed by atoms with E-state index in [2.05, 4.69) is 34.6 Å². The van der Waals surface area contributed by atoms with Crippen molar-refractivity contribution in [2.45, 2.75) is 46.2 Å². The maximum absolute atomic E-state index is 8.89. The molecule has 1 aromatic heterocycles. The minimum absolute atomic E-state index is 0.352. The average Bonchev–Trinajstić information content (AvgIpc) is 3.40. The summed E-state index contributed by atoms with van der Waals surface area (Å²) in [6.07, 6.45) is 0.347. The predicted octanol–water partition coefficient (Wildman–Crippen LogP) is 5.95. The molecule has 0 amide bonds. The first-order valence-electron chi connectivity index (χ1n) is 12.4. The molecular formula is C26H26N4. The molecule has 150 valence electrons. The second kappa shape index (κ2) is 6.11. The van der Waals surface area contributed by atoms with E-state index in [4.69, 9.17) is 10.5 Å². The minimum Gasteiger partial charge on any atom is -0.347 e. The Balaban J connectivity index is 1.56. The fourth-order valence-electron chi connectivity index (χ4n) is 5.24. The molecule has 3 aromatic carbocycles. The molecule has 0 fully saturated rings. The van der Waals surface area contributed by atoms with Crippen molar-refractivity contribution in [3.63, 3.8) is 0 Å². The van der Waals surface area contributed by atoms with Crippen LogP contribution in [-0.2, 0) is 6.42 Å². The van der Waals surface area contributed by atoms with E-state index in [1.807, 2.05) is 49.4 Å². The molecule has 6 rings (SSSR count). The average molecular weight is 399 g/mol. The van der Waals surface area contributed by atoms with Crippen molar-refractivity contribution in [1.29, 1.82) is 0 Å². The van der Waals surface area contributed by atoms with Crippen LogP contribution >= 0.6 is 0 Å². The summed E-state index contributed by atoms with van der Waals surface area (Å²) >= 11 is 0. The molecule has 0 radical (unpaired) electrons. The number of aryl methyl sites for hydroxylation is 1. The summed E-state index contributed by atoms with van der Waals surface area (Å²) in [7, 11) is 0. The third kappa shape index (κ3) is 2.19. The highest BCUT2D eigenvalue weighted by atomic mass is 15.4. The largest absolute Gasteiger partial charge is 0.347 e. The van der Waals surface area contributed by atoms with Crippen molar-refractivity contribution in [3.8, 4) is 5.69 Å². The van der Waals surface area contributed by atoms with Crippen LogP contribution in [0.1, 0.15) is 43.1 Å². The molecule has 0 saturated heterocycles. The topological polar surface area (TPSA) is 24.3 Å². The number of fused-ring (bicyclic) bond motifs is 6. The first kappa shape index (κ1) is 13.9. The lowest BCUT2D eigenvalue weighted by molar-refractivity contribution is 0.606. The number of benzene rings is 3. The van der Waals surface area contributed by atoms with E-state index in [1.165, 1.54) is 12.5 Å². The zero-order valence-corrected chi connectivity index (χ0v) is 17.3. The summed E-state index contributed by atoms with van der Waals surface area (Å²) in [6, 6.07) is 18.5. The van der Waals surface area contributed by atoms with E-state index >= 15 is 0 Å². The van der Waals surface area contributed by atoms with Gasteiger partial charge < -0.3 is 9.80 Å². The smallest absolute Gasteiger partial charge is 0.119 e. The van der Waals surface area contributed by atoms with Crippen molar-refractivity contribution in [2.24, 2.45) is 0 Å². The summed E-state index contributed by atoms with van der Waals surface area (Å²) in [5.41, 5.74) is 8.22. The van der Waals surface area contributed by atoms with Crippen LogP contribution in [-0.4, -0.2) is 21.7 Å². The zero-order valence-electron chi connectivity index (χ0n) is 21.3. The lowest BCUT2D eigenvalue weighted by Gasteiger charge is -2.34. The fraction of sp³-hybridized carbons (Fsp3) is 0.269. The Hall–Kier alpha value is -3.27. The quantitative estimate of drug-likeness (QED) is 0.367. The number of hydrogen-bond acceptors (Lipinski definition) is 3. The molecule has 4 heteroatoms. The molecule has 2 aliphatic rings. The second-order valence-electron chi connectivity index (χ2n) is 8.20. The van der Waals surface area contributed by atoms with Gasteiger partial charge in [-0.1, -0.05) is 30.3 Å². The van der Waals surface area contributed by atoms with Gasteiger partial charge in [0, 0.05) is 22.1 Å². The monoisotopic (exact) mass is 398 g/mol. The Kier molecular flexibility index (Phi) is 2.83. The first-order valence-corrected chi connectivity index (χ1v) is 10.4. The molecule has 0 bridgehead atoms. The van der Waals surface area contributed by atoms with Gasteiger partial charge in [0.1, 0.15) is 12.0 Å². The maximum Gasteiger partial charge on any atom is 0.119 e. The molecular weight excluding hydrogens is 368 g/mol. The number of hydrogen-bond donors (Lipinski definition) is 0. The molecule has 2 aliphatic heterocycles. The summed E-state index contributed by atoms with van der Waals surface area (Å²) in [5.74, 6) is 1.01. The van der Waals surface area contributed by atoms with E-state index in [-0.39, 0.29) is 6.17 Å². The van der Waals surface area contributed by atoms with Gasteiger partial charge in [0.2, 0.25) is 0 Å². The Morgan fingerprint density at radius 2 is 1.80 bits per heavy atom. The summed E-state index contributed by atoms with van der Waals surface area (Å²) < 4.78 is 35.4. The van der Waals surface area contributed by atoms with Gasteiger partial charge in [0.05, 0.1) is 35.2 Å². The molecule has 2 atom stereocenters. The van der Waals surface area contributed by atoms with E-state index in [1.54, 1.807) is 4.90 Å². The van der Waals surface area contributed by atoms with Crippen molar-refractivity contribution < 1.29 is 5.48 Å². The molecule has 0 N–H and O–H groups in total. The summed E-state index contributed by atoms with van der Waals surface area (Å²) in [5, 5.41) is 0. The molecule has 0 saturated carbocycles. The van der Waals surface area contributed by atoms with Gasteiger partial charge in [-0.2, -0.15) is 0 Å². The number of anilines is 3. The highest BCUT2D eigenvalue weighted by Gasteiger charge is 2.38. The summed E-state index contributed by atoms with van der Waals surface area (Å²) in [4.78, 5) is 8.82. The van der Waals surface area contributed by atoms with Gasteiger partial charge in [-0.25, -0.2) is 4.98 Å². The highest BCUT2D eigenvalue weighted by Crippen LogP contribution is 2.49. The third-order valence-electron chi connectivity index (χ3n) is 6.42. The Morgan fingerprint density at radius 3 is 2.63 bits per heavy atom. The van der Waals surface area contributed by atoms with Crippen LogP contribution in [0.2, 0.25) is 0 Å². The van der Waals surface area contributed by atoms with E-state index in [9.17, 15) is 0 Å². The number of rotatable bonds is 2. The van der Waals surface area contributed by atoms with Crippen molar-refractivity contribution in [1.82, 2.24) is 9.55 Å². The molecule has 4 nitrogen and oxygen atoms in total. The molecule has 4 aromatic rings. The normalized spacial score (nSPS) is 21.4. The van der Waals surface area contributed by atoms with Gasteiger partial charge in [-0.05, 0) is 63.5 Å². The highest BCUT2D eigenvalue weighted by molar-refractivity contribution is 5.89. The Bertz CT molecular complexity index is 1450. The standard InChI is InChI=1S/C26H26N4/c1-16(2)28-18(4)29(24-12-8-7-11-23(24)28)26-17(3)13-14-21-19(26)15-25-27-20-9-5-6-10-22(20)30(21)25/h5-14,16,18H,15H2,1-4H3/t18-/m0/s1/i1D3,16D/t16?,18-. The molecule has 0 spiro atoms. The third-order valence-corrected chi connectivity index (χ3v) is 6.42. The Morgan fingerprint density at radius 1 is 1.03 bits per heavy atom. The number of imidazole rings is 1. The van der Waals surface area contributed by atoms with Crippen LogP contribution in [0.25, 0.3) is 16.7 Å². The Labute approximate surface area is 183 Å². The van der Waals surface area contributed by atoms with Crippen molar-refractivity contribution in [3.05, 3.63) is 77.6 Å². The van der Waals surface area contributed by atoms with Crippen LogP contribution in [0.3, 0.4) is 0 Å². The van der Waals surface area contributed by atoms with Gasteiger partial charge in [-0.3, -0.25) is 4.57 Å². The van der Waals surface area contributed by atoms with Crippen LogP contribution in [0.15, 0.2) is 60.7 Å². The van der Waals surface area contributed by atoms with Gasteiger partial charge in [-0.15, -0.1) is 0 Å². The number of aromatic nitrogens is 2. The van der Waals surface area contributed by atoms with Crippen LogP contribution < -0.4 is 9.80 Å². The van der Waals surface area contributed by atoms with E-state index in [0.717, 1.165) is 45.2 Å². The van der Waals surface area contributed by atoms with Crippen LogP contribution in [0, 0.1) is 6.92 Å². The number of para-hydroxylation sites is 4. The zero-order chi connectivity index (χ0) is 24.0. The minimum atomic E-state index is -2.47. The summed E-state index contributed by atoms with van der Waals surface area (Å²) in [6.45, 7) is 3.09. The van der Waals surface area contributed by atoms with Crippen molar-refractivity contribution in [2.75, 3.05) is 9.80 Å².